The van der Waals surface area contributed by atoms with Crippen LogP contribution in [0.5, 0.6) is 0 Å². The Bertz CT molecular complexity index is 414. The van der Waals surface area contributed by atoms with Gasteiger partial charge in [0.25, 0.3) is 0 Å². The summed E-state index contributed by atoms with van der Waals surface area (Å²) in [5.41, 5.74) is 3.34. The first-order chi connectivity index (χ1) is 6.79. The smallest absolute Gasteiger partial charge is 0.167 e. The van der Waals surface area contributed by atoms with Gasteiger partial charge in [0.1, 0.15) is 0 Å². The predicted octanol–water partition coefficient (Wildman–Crippen LogP) is 3.21. The van der Waals surface area contributed by atoms with Crippen molar-refractivity contribution in [1.29, 1.82) is 0 Å². The summed E-state index contributed by atoms with van der Waals surface area (Å²) in [5, 5.41) is 3.86. The van der Waals surface area contributed by atoms with E-state index in [2.05, 4.69) is 36.3 Å². The maximum absolute atomic E-state index is 5.17. The lowest BCUT2D eigenvalue weighted by atomic mass is 10.1. The zero-order valence-electron chi connectivity index (χ0n) is 8.45. The van der Waals surface area contributed by atoms with Gasteiger partial charge in [0.15, 0.2) is 5.76 Å². The van der Waals surface area contributed by atoms with Crippen molar-refractivity contribution in [1.82, 2.24) is 5.16 Å². The van der Waals surface area contributed by atoms with Crippen molar-refractivity contribution in [3.63, 3.8) is 0 Å². The van der Waals surface area contributed by atoms with Crippen molar-refractivity contribution in [3.8, 4) is 11.3 Å². The van der Waals surface area contributed by atoms with E-state index in [0.29, 0.717) is 0 Å². The first-order valence-electron chi connectivity index (χ1n) is 4.82. The third kappa shape index (κ3) is 1.69. The van der Waals surface area contributed by atoms with Crippen molar-refractivity contribution in [3.05, 3.63) is 41.6 Å². The minimum atomic E-state index is 0.838. The molecular weight excluding hydrogens is 174 g/mol. The van der Waals surface area contributed by atoms with Crippen molar-refractivity contribution in [2.75, 3.05) is 0 Å². The summed E-state index contributed by atoms with van der Waals surface area (Å²) >= 11 is 0. The van der Waals surface area contributed by atoms with E-state index >= 15 is 0 Å². The van der Waals surface area contributed by atoms with Gasteiger partial charge in [-0.25, -0.2) is 0 Å². The number of nitrogens with zero attached hydrogens (tertiary/aromatic N) is 1. The molecule has 0 aliphatic heterocycles. The van der Waals surface area contributed by atoms with Crippen molar-refractivity contribution in [2.24, 2.45) is 0 Å². The lowest BCUT2D eigenvalue weighted by Crippen LogP contribution is -1.79. The summed E-state index contributed by atoms with van der Waals surface area (Å²) in [6.07, 6.45) is 1.07. The van der Waals surface area contributed by atoms with Crippen molar-refractivity contribution >= 4 is 0 Å². The minimum Gasteiger partial charge on any atom is -0.356 e. The van der Waals surface area contributed by atoms with E-state index < -0.39 is 0 Å². The molecule has 72 valence electrons. The fraction of sp³-hybridized carbons (Fsp3) is 0.250. The molecule has 2 nitrogen and oxygen atoms in total. The molecule has 0 bridgehead atoms. The number of hydrogen-bond acceptors (Lipinski definition) is 2. The first kappa shape index (κ1) is 9.00. The number of benzene rings is 1. The standard InChI is InChI=1S/C12H13NO/c1-3-10-4-6-11(7-5-10)12-8-9(2)13-14-12/h4-8H,3H2,1-2H3. The fourth-order valence-electron chi connectivity index (χ4n) is 1.40. The topological polar surface area (TPSA) is 26.0 Å². The maximum Gasteiger partial charge on any atom is 0.167 e. The summed E-state index contributed by atoms with van der Waals surface area (Å²) in [6.45, 7) is 4.07. The molecule has 0 aliphatic rings. The van der Waals surface area contributed by atoms with Crippen LogP contribution < -0.4 is 0 Å². The van der Waals surface area contributed by atoms with Gasteiger partial charge in [0, 0.05) is 11.6 Å². The van der Waals surface area contributed by atoms with E-state index in [1.165, 1.54) is 5.56 Å². The molecule has 2 heteroatoms. The third-order valence-corrected chi connectivity index (χ3v) is 2.27. The lowest BCUT2D eigenvalue weighted by molar-refractivity contribution is 0.427. The molecule has 2 aromatic rings. The molecule has 2 rings (SSSR count). The Hall–Kier alpha value is -1.57. The number of hydrogen-bond donors (Lipinski definition) is 0. The zero-order chi connectivity index (χ0) is 9.97. The molecule has 0 atom stereocenters. The molecule has 0 radical (unpaired) electrons. The summed E-state index contributed by atoms with van der Waals surface area (Å²) in [5.74, 6) is 0.838. The van der Waals surface area contributed by atoms with Crippen LogP contribution in [0.1, 0.15) is 18.2 Å². The van der Waals surface area contributed by atoms with Gasteiger partial charge >= 0.3 is 0 Å². The average Bonchev–Trinajstić information content (AvgIpc) is 2.65. The SMILES string of the molecule is CCc1ccc(-c2cc(C)no2)cc1. The number of rotatable bonds is 2. The largest absolute Gasteiger partial charge is 0.356 e. The molecule has 1 heterocycles. The molecule has 0 fully saturated rings. The Balaban J connectivity index is 2.33. The van der Waals surface area contributed by atoms with Crippen LogP contribution in [0.2, 0.25) is 0 Å². The fourth-order valence-corrected chi connectivity index (χ4v) is 1.40. The molecule has 0 saturated carbocycles. The molecule has 0 spiro atoms. The Kier molecular flexibility index (Phi) is 2.35. The van der Waals surface area contributed by atoms with Crippen LogP contribution in [0.15, 0.2) is 34.9 Å². The highest BCUT2D eigenvalue weighted by atomic mass is 16.5. The number of aryl methyl sites for hydroxylation is 2. The van der Waals surface area contributed by atoms with Crippen LogP contribution in [0, 0.1) is 6.92 Å². The van der Waals surface area contributed by atoms with Crippen LogP contribution in [0.25, 0.3) is 11.3 Å². The van der Waals surface area contributed by atoms with Gasteiger partial charge in [-0.3, -0.25) is 0 Å². The molecular formula is C12H13NO. The molecule has 14 heavy (non-hydrogen) atoms. The normalized spacial score (nSPS) is 10.4. The third-order valence-electron chi connectivity index (χ3n) is 2.27. The molecule has 1 aromatic heterocycles. The van der Waals surface area contributed by atoms with Crippen molar-refractivity contribution in [2.45, 2.75) is 20.3 Å². The van der Waals surface area contributed by atoms with Crippen LogP contribution in [0.3, 0.4) is 0 Å². The van der Waals surface area contributed by atoms with Crippen LogP contribution in [0.4, 0.5) is 0 Å². The van der Waals surface area contributed by atoms with Gasteiger partial charge < -0.3 is 4.52 Å². The minimum absolute atomic E-state index is 0.838. The first-order valence-corrected chi connectivity index (χ1v) is 4.82. The van der Waals surface area contributed by atoms with Gasteiger partial charge in [-0.15, -0.1) is 0 Å². The Morgan fingerprint density at radius 3 is 2.43 bits per heavy atom. The van der Waals surface area contributed by atoms with E-state index in [4.69, 9.17) is 4.52 Å². The number of aromatic nitrogens is 1. The van der Waals surface area contributed by atoms with Crippen LogP contribution >= 0.6 is 0 Å². The summed E-state index contributed by atoms with van der Waals surface area (Å²) in [7, 11) is 0. The molecule has 0 aliphatic carbocycles. The van der Waals surface area contributed by atoms with E-state index in [1.807, 2.05) is 13.0 Å². The van der Waals surface area contributed by atoms with E-state index in [9.17, 15) is 0 Å². The van der Waals surface area contributed by atoms with Crippen LogP contribution in [-0.2, 0) is 6.42 Å². The second-order valence-electron chi connectivity index (χ2n) is 3.38. The predicted molar refractivity (Wildman–Crippen MR) is 56.1 cm³/mol. The Morgan fingerprint density at radius 2 is 1.93 bits per heavy atom. The molecule has 0 saturated heterocycles. The Labute approximate surface area is 83.5 Å². The van der Waals surface area contributed by atoms with Gasteiger partial charge in [-0.1, -0.05) is 36.3 Å². The Morgan fingerprint density at radius 1 is 1.21 bits per heavy atom. The van der Waals surface area contributed by atoms with E-state index in [-0.39, 0.29) is 0 Å². The van der Waals surface area contributed by atoms with Gasteiger partial charge in [-0.05, 0) is 18.9 Å². The molecule has 0 unspecified atom stereocenters. The quantitative estimate of drug-likeness (QED) is 0.721. The van der Waals surface area contributed by atoms with Gasteiger partial charge in [0.2, 0.25) is 0 Å². The van der Waals surface area contributed by atoms with E-state index in [1.54, 1.807) is 0 Å². The highest BCUT2D eigenvalue weighted by Gasteiger charge is 2.02. The van der Waals surface area contributed by atoms with Crippen molar-refractivity contribution < 1.29 is 4.52 Å². The monoisotopic (exact) mass is 187 g/mol. The second kappa shape index (κ2) is 3.66. The molecule has 0 amide bonds. The summed E-state index contributed by atoms with van der Waals surface area (Å²) < 4.78 is 5.17. The van der Waals surface area contributed by atoms with Gasteiger partial charge in [-0.2, -0.15) is 0 Å². The highest BCUT2D eigenvalue weighted by molar-refractivity contribution is 5.57. The van der Waals surface area contributed by atoms with Crippen LogP contribution in [-0.4, -0.2) is 5.16 Å². The zero-order valence-corrected chi connectivity index (χ0v) is 8.45. The molecule has 1 aromatic carbocycles. The average molecular weight is 187 g/mol. The summed E-state index contributed by atoms with van der Waals surface area (Å²) in [4.78, 5) is 0. The maximum atomic E-state index is 5.17. The summed E-state index contributed by atoms with van der Waals surface area (Å²) in [6, 6.07) is 10.3. The van der Waals surface area contributed by atoms with E-state index in [0.717, 1.165) is 23.4 Å². The second-order valence-corrected chi connectivity index (χ2v) is 3.38. The van der Waals surface area contributed by atoms with Gasteiger partial charge in [0.05, 0.1) is 5.69 Å². The molecule has 0 N–H and O–H groups in total. The highest BCUT2D eigenvalue weighted by Crippen LogP contribution is 2.20. The lowest BCUT2D eigenvalue weighted by Gasteiger charge is -1.97.